The normalized spacial score (nSPS) is 22.9. The van der Waals surface area contributed by atoms with Crippen molar-refractivity contribution in [3.05, 3.63) is 76.3 Å². The van der Waals surface area contributed by atoms with E-state index in [4.69, 9.17) is 28.4 Å². The molecule has 5 atom stereocenters. The van der Waals surface area contributed by atoms with Gasteiger partial charge in [0.2, 0.25) is 0 Å². The summed E-state index contributed by atoms with van der Waals surface area (Å²) in [5.41, 5.74) is -0.0235. The summed E-state index contributed by atoms with van der Waals surface area (Å²) in [6.45, 7) is 17.6. The van der Waals surface area contributed by atoms with Crippen molar-refractivity contribution in [3.8, 4) is 5.75 Å². The molecule has 1 aromatic heterocycles. The second kappa shape index (κ2) is 16.3. The number of nitrogens with zero attached hydrogens (tertiary/aromatic N) is 4. The molecule has 7 rings (SSSR count). The standard InChI is InChI=1S/C43H57BN4O9S/c1-40(2,3)54-37(50)29-20-16-19-27(35(29)52-12)21-33(44-56-32-23-28-22-31(42(28,7)8)43(32,9)57-44)47(10)36(49)34(46-53-24-26-17-14-13-15-18-26)30-25-58-38(45-30)48(11)39(51)55-41(4,5)6/h13-20,25,28,31-33H,21-24H2,1-12H3/b46-34-/t28-,31+,32?,33+,43+/m1/s1. The van der Waals surface area contributed by atoms with Gasteiger partial charge in [0.25, 0.3) is 5.91 Å². The van der Waals surface area contributed by atoms with E-state index < -0.39 is 47.8 Å². The zero-order valence-electron chi connectivity index (χ0n) is 35.8. The molecule has 0 radical (unpaired) electrons. The number of thiazole rings is 1. The fraction of sp³-hybridized carbons (Fsp3) is 0.558. The topological polar surface area (TPSA) is 138 Å². The molecule has 2 aromatic carbocycles. The Kier molecular flexibility index (Phi) is 12.1. The van der Waals surface area contributed by atoms with Crippen LogP contribution in [0.1, 0.15) is 102 Å². The van der Waals surface area contributed by atoms with Gasteiger partial charge >= 0.3 is 19.2 Å². The first-order valence-corrected chi connectivity index (χ1v) is 20.7. The monoisotopic (exact) mass is 816 g/mol. The van der Waals surface area contributed by atoms with Gasteiger partial charge in [0.05, 0.1) is 24.8 Å². The van der Waals surface area contributed by atoms with Gasteiger partial charge in [0.1, 0.15) is 34.8 Å². The highest BCUT2D eigenvalue weighted by Crippen LogP contribution is 2.66. The minimum Gasteiger partial charge on any atom is -0.496 e. The Morgan fingerprint density at radius 2 is 1.67 bits per heavy atom. The number of anilines is 1. The first kappa shape index (κ1) is 43.1. The van der Waals surface area contributed by atoms with Gasteiger partial charge < -0.3 is 33.3 Å². The first-order chi connectivity index (χ1) is 27.1. The molecule has 3 aliphatic carbocycles. The van der Waals surface area contributed by atoms with Crippen LogP contribution in [0.2, 0.25) is 0 Å². The summed E-state index contributed by atoms with van der Waals surface area (Å²) in [6.07, 6.45) is 1.34. The third-order valence-electron chi connectivity index (χ3n) is 11.6. The van der Waals surface area contributed by atoms with Crippen LogP contribution in [-0.4, -0.2) is 90.7 Å². The minimum atomic E-state index is -0.843. The highest BCUT2D eigenvalue weighted by Gasteiger charge is 2.69. The second-order valence-electron chi connectivity index (χ2n) is 18.3. The summed E-state index contributed by atoms with van der Waals surface area (Å²) in [4.78, 5) is 54.7. The minimum absolute atomic E-state index is 0.0806. The number of amides is 2. The summed E-state index contributed by atoms with van der Waals surface area (Å²) < 4.78 is 31.0. The lowest BCUT2D eigenvalue weighted by Gasteiger charge is -2.64. The van der Waals surface area contributed by atoms with Gasteiger partial charge in [0, 0.05) is 19.5 Å². The maximum Gasteiger partial charge on any atom is 0.482 e. The van der Waals surface area contributed by atoms with Gasteiger partial charge in [-0.3, -0.25) is 9.69 Å². The van der Waals surface area contributed by atoms with Crippen LogP contribution < -0.4 is 9.64 Å². The fourth-order valence-electron chi connectivity index (χ4n) is 8.38. The third-order valence-corrected chi connectivity index (χ3v) is 12.5. The molecule has 3 aromatic rings. The quantitative estimate of drug-likeness (QED) is 0.0773. The molecular formula is C43H57BN4O9S. The lowest BCUT2D eigenvalue weighted by Crippen LogP contribution is -2.65. The summed E-state index contributed by atoms with van der Waals surface area (Å²) in [7, 11) is 3.89. The number of oxime groups is 1. The average Bonchev–Trinajstić information content (AvgIpc) is 3.78. The van der Waals surface area contributed by atoms with E-state index in [0.29, 0.717) is 22.4 Å². The molecule has 0 N–H and O–H groups in total. The van der Waals surface area contributed by atoms with Crippen molar-refractivity contribution >= 4 is 47.3 Å². The van der Waals surface area contributed by atoms with E-state index in [9.17, 15) is 14.4 Å². The van der Waals surface area contributed by atoms with Crippen LogP contribution in [0.25, 0.3) is 0 Å². The number of rotatable bonds is 12. The molecule has 2 amide bonds. The lowest BCUT2D eigenvalue weighted by atomic mass is 9.43. The van der Waals surface area contributed by atoms with E-state index in [-0.39, 0.29) is 47.4 Å². The number of ether oxygens (including phenoxy) is 3. The van der Waals surface area contributed by atoms with E-state index in [0.717, 1.165) is 29.7 Å². The van der Waals surface area contributed by atoms with Crippen molar-refractivity contribution in [3.63, 3.8) is 0 Å². The molecule has 4 fully saturated rings. The van der Waals surface area contributed by atoms with Crippen LogP contribution in [0.3, 0.4) is 0 Å². The van der Waals surface area contributed by atoms with E-state index in [1.807, 2.05) is 57.2 Å². The largest absolute Gasteiger partial charge is 0.496 e. The van der Waals surface area contributed by atoms with Crippen molar-refractivity contribution in [1.29, 1.82) is 0 Å². The number of methoxy groups -OCH3 is 1. The van der Waals surface area contributed by atoms with Crippen molar-refractivity contribution < 1.29 is 42.7 Å². The molecule has 1 aliphatic heterocycles. The Morgan fingerprint density at radius 1 is 0.983 bits per heavy atom. The molecule has 1 saturated heterocycles. The summed E-state index contributed by atoms with van der Waals surface area (Å²) in [5, 5.41) is 6.36. The van der Waals surface area contributed by atoms with Crippen molar-refractivity contribution in [2.24, 2.45) is 22.4 Å². The Bertz CT molecular complexity index is 2030. The van der Waals surface area contributed by atoms with E-state index in [1.54, 1.807) is 57.3 Å². The number of esters is 1. The maximum atomic E-state index is 15.0. The van der Waals surface area contributed by atoms with Crippen LogP contribution in [-0.2, 0) is 41.4 Å². The molecule has 3 saturated carbocycles. The number of likely N-dealkylation sites (N-methyl/N-ethyl adjacent to an activating group) is 1. The second-order valence-corrected chi connectivity index (χ2v) is 19.1. The molecule has 13 nitrogen and oxygen atoms in total. The number of benzene rings is 2. The Hall–Kier alpha value is -4.47. The Morgan fingerprint density at radius 3 is 2.31 bits per heavy atom. The Balaban J connectivity index is 1.37. The maximum absolute atomic E-state index is 15.0. The van der Waals surface area contributed by atoms with Crippen molar-refractivity contribution in [2.75, 3.05) is 26.1 Å². The molecule has 312 valence electrons. The number of hydrogen-bond donors (Lipinski definition) is 0. The molecule has 2 bridgehead atoms. The molecule has 15 heteroatoms. The van der Waals surface area contributed by atoms with Gasteiger partial charge in [-0.25, -0.2) is 14.6 Å². The van der Waals surface area contributed by atoms with E-state index >= 15 is 0 Å². The summed E-state index contributed by atoms with van der Waals surface area (Å²) in [5.74, 6) is -0.656. The van der Waals surface area contributed by atoms with Gasteiger partial charge in [-0.1, -0.05) is 61.5 Å². The predicted octanol–water partition coefficient (Wildman–Crippen LogP) is 7.74. The van der Waals surface area contributed by atoms with Crippen LogP contribution in [0.4, 0.5) is 9.93 Å². The highest BCUT2D eigenvalue weighted by molar-refractivity contribution is 7.14. The molecule has 58 heavy (non-hydrogen) atoms. The zero-order valence-corrected chi connectivity index (χ0v) is 36.6. The molecule has 0 spiro atoms. The van der Waals surface area contributed by atoms with Gasteiger partial charge in [-0.05, 0) is 102 Å². The Labute approximate surface area is 346 Å². The fourth-order valence-corrected chi connectivity index (χ4v) is 9.14. The first-order valence-electron chi connectivity index (χ1n) is 19.8. The lowest BCUT2D eigenvalue weighted by molar-refractivity contribution is -0.199. The molecule has 4 aliphatic rings. The summed E-state index contributed by atoms with van der Waals surface area (Å²) >= 11 is 1.16. The highest BCUT2D eigenvalue weighted by atomic mass is 32.1. The zero-order chi connectivity index (χ0) is 42.4. The van der Waals surface area contributed by atoms with Gasteiger partial charge in [0.15, 0.2) is 10.8 Å². The summed E-state index contributed by atoms with van der Waals surface area (Å²) in [6, 6.07) is 14.8. The molecular weight excluding hydrogens is 759 g/mol. The number of carbonyl (C=O) groups is 3. The molecule has 1 unspecified atom stereocenters. The van der Waals surface area contributed by atoms with E-state index in [2.05, 4.69) is 30.9 Å². The average molecular weight is 817 g/mol. The third kappa shape index (κ3) is 8.91. The van der Waals surface area contributed by atoms with Crippen LogP contribution in [0.15, 0.2) is 59.1 Å². The van der Waals surface area contributed by atoms with E-state index in [1.165, 1.54) is 12.0 Å². The number of aromatic nitrogens is 1. The SMILES string of the molecule is COc1c(C[C@@H](B2OC3C[C@H]4C[C@@H](C4(C)C)[C@]3(C)O2)N(C)C(=O)/C(=N\OCc2ccccc2)c2csc(N(C)C(=O)OC(C)(C)C)n2)cccc1C(=O)OC(C)(C)C. The van der Waals surface area contributed by atoms with Crippen LogP contribution in [0, 0.1) is 17.3 Å². The van der Waals surface area contributed by atoms with Crippen molar-refractivity contribution in [1.82, 2.24) is 9.88 Å². The number of para-hydroxylation sites is 1. The van der Waals surface area contributed by atoms with Crippen molar-refractivity contribution in [2.45, 2.75) is 117 Å². The van der Waals surface area contributed by atoms with Crippen LogP contribution >= 0.6 is 11.3 Å². The smallest absolute Gasteiger partial charge is 0.482 e. The van der Waals surface area contributed by atoms with Crippen LogP contribution in [0.5, 0.6) is 5.75 Å². The number of carbonyl (C=O) groups excluding carboxylic acids is 3. The van der Waals surface area contributed by atoms with Gasteiger partial charge in [-0.15, -0.1) is 11.3 Å². The predicted molar refractivity (Wildman–Crippen MR) is 223 cm³/mol. The molecule has 2 heterocycles. The van der Waals surface area contributed by atoms with Gasteiger partial charge in [-0.2, -0.15) is 0 Å². The number of hydrogen-bond acceptors (Lipinski definition) is 12.